The van der Waals surface area contributed by atoms with Crippen LogP contribution >= 0.6 is 0 Å². The maximum Gasteiger partial charge on any atom is 0.338 e. The van der Waals surface area contributed by atoms with Crippen molar-refractivity contribution in [1.82, 2.24) is 0 Å². The molecule has 0 atom stereocenters. The van der Waals surface area contributed by atoms with Gasteiger partial charge in [0.25, 0.3) is 0 Å². The van der Waals surface area contributed by atoms with Crippen LogP contribution in [0.2, 0.25) is 0 Å². The zero-order valence-electron chi connectivity index (χ0n) is 10.4. The van der Waals surface area contributed by atoms with Gasteiger partial charge < -0.3 is 14.6 Å². The molecule has 0 aliphatic rings. The molecule has 18 heavy (non-hydrogen) atoms. The molecule has 0 spiro atoms. The highest BCUT2D eigenvalue weighted by molar-refractivity contribution is 5.90. The maximum atomic E-state index is 11.5. The van der Waals surface area contributed by atoms with Crippen molar-refractivity contribution in [2.75, 3.05) is 13.7 Å². The van der Waals surface area contributed by atoms with Crippen LogP contribution in [-0.2, 0) is 16.0 Å². The number of carboxylic acids is 1. The first-order valence-corrected chi connectivity index (χ1v) is 5.64. The van der Waals surface area contributed by atoms with E-state index in [0.717, 1.165) is 5.56 Å². The molecule has 98 valence electrons. The molecule has 0 saturated carbocycles. The van der Waals surface area contributed by atoms with Gasteiger partial charge in [-0.25, -0.2) is 4.79 Å². The molecule has 0 aliphatic heterocycles. The van der Waals surface area contributed by atoms with Crippen molar-refractivity contribution in [2.45, 2.75) is 19.8 Å². The number of hydrogen-bond donors (Lipinski definition) is 1. The van der Waals surface area contributed by atoms with Gasteiger partial charge in [0.15, 0.2) is 0 Å². The first kappa shape index (κ1) is 14.0. The highest BCUT2D eigenvalue weighted by atomic mass is 16.5. The minimum Gasteiger partial charge on any atom is -0.496 e. The second-order valence-corrected chi connectivity index (χ2v) is 3.64. The Morgan fingerprint density at radius 1 is 1.33 bits per heavy atom. The number of carbonyl (C=O) groups is 2. The summed E-state index contributed by atoms with van der Waals surface area (Å²) in [6, 6.07) is 4.86. The lowest BCUT2D eigenvalue weighted by molar-refractivity contribution is -0.136. The highest BCUT2D eigenvalue weighted by Crippen LogP contribution is 2.22. The Bertz CT molecular complexity index is 439. The van der Waals surface area contributed by atoms with Crippen LogP contribution < -0.4 is 4.74 Å². The molecule has 5 heteroatoms. The fourth-order valence-electron chi connectivity index (χ4n) is 1.53. The molecule has 0 heterocycles. The average molecular weight is 252 g/mol. The van der Waals surface area contributed by atoms with E-state index in [0.29, 0.717) is 24.3 Å². The van der Waals surface area contributed by atoms with Gasteiger partial charge in [-0.15, -0.1) is 0 Å². The third-order valence-electron chi connectivity index (χ3n) is 2.41. The zero-order chi connectivity index (χ0) is 13.5. The lowest BCUT2D eigenvalue weighted by Gasteiger charge is -2.09. The van der Waals surface area contributed by atoms with Crippen molar-refractivity contribution in [3.05, 3.63) is 29.3 Å². The number of esters is 1. The van der Waals surface area contributed by atoms with E-state index in [-0.39, 0.29) is 6.42 Å². The van der Waals surface area contributed by atoms with Crippen LogP contribution in [-0.4, -0.2) is 30.8 Å². The van der Waals surface area contributed by atoms with Gasteiger partial charge in [0.05, 0.1) is 19.3 Å². The fraction of sp³-hybridized carbons (Fsp3) is 0.385. The molecule has 1 N–H and O–H groups in total. The molecule has 0 fully saturated rings. The molecule has 0 saturated heterocycles. The van der Waals surface area contributed by atoms with E-state index in [1.54, 1.807) is 25.1 Å². The number of benzene rings is 1. The molecule has 0 unspecified atom stereocenters. The lowest BCUT2D eigenvalue weighted by atomic mass is 10.1. The van der Waals surface area contributed by atoms with E-state index in [1.165, 1.54) is 7.11 Å². The van der Waals surface area contributed by atoms with Crippen molar-refractivity contribution >= 4 is 11.9 Å². The summed E-state index contributed by atoms with van der Waals surface area (Å²) in [5.41, 5.74) is 1.15. The summed E-state index contributed by atoms with van der Waals surface area (Å²) < 4.78 is 10.0. The van der Waals surface area contributed by atoms with Crippen LogP contribution in [0.3, 0.4) is 0 Å². The summed E-state index contributed by atoms with van der Waals surface area (Å²) in [4.78, 5) is 22.0. The van der Waals surface area contributed by atoms with Gasteiger partial charge in [0.1, 0.15) is 5.75 Å². The van der Waals surface area contributed by atoms with Gasteiger partial charge in [-0.2, -0.15) is 0 Å². The molecule has 0 bridgehead atoms. The smallest absolute Gasteiger partial charge is 0.338 e. The zero-order valence-corrected chi connectivity index (χ0v) is 10.4. The predicted molar refractivity (Wildman–Crippen MR) is 64.9 cm³/mol. The number of ether oxygens (including phenoxy) is 2. The number of methoxy groups -OCH3 is 1. The summed E-state index contributed by atoms with van der Waals surface area (Å²) in [6.45, 7) is 2.04. The van der Waals surface area contributed by atoms with Crippen molar-refractivity contribution < 1.29 is 24.2 Å². The summed E-state index contributed by atoms with van der Waals surface area (Å²) in [6.07, 6.45) is 0.386. The van der Waals surface area contributed by atoms with E-state index in [2.05, 4.69) is 0 Å². The van der Waals surface area contributed by atoms with E-state index in [4.69, 9.17) is 14.6 Å². The predicted octanol–water partition coefficient (Wildman–Crippen LogP) is 1.89. The van der Waals surface area contributed by atoms with Crippen LogP contribution in [0.4, 0.5) is 0 Å². The normalized spacial score (nSPS) is 9.89. The number of carboxylic acid groups (broad SMARTS) is 1. The Kier molecular flexibility index (Phi) is 5.17. The second kappa shape index (κ2) is 6.64. The van der Waals surface area contributed by atoms with Crippen LogP contribution in [0.5, 0.6) is 5.75 Å². The van der Waals surface area contributed by atoms with Crippen molar-refractivity contribution in [1.29, 1.82) is 0 Å². The molecule has 0 amide bonds. The molecular formula is C13H16O5. The summed E-state index contributed by atoms with van der Waals surface area (Å²) in [5, 5.41) is 8.64. The quantitative estimate of drug-likeness (QED) is 0.783. The van der Waals surface area contributed by atoms with E-state index in [9.17, 15) is 9.59 Å². The Hall–Kier alpha value is -2.04. The van der Waals surface area contributed by atoms with Gasteiger partial charge in [0.2, 0.25) is 0 Å². The molecule has 0 radical (unpaired) electrons. The monoisotopic (exact) mass is 252 g/mol. The Balaban J connectivity index is 2.89. The SMILES string of the molecule is CCOC(=O)c1ccc(CCC(=O)O)c(OC)c1. The maximum absolute atomic E-state index is 11.5. The number of hydrogen-bond acceptors (Lipinski definition) is 4. The first-order chi connectivity index (χ1) is 8.58. The third kappa shape index (κ3) is 3.76. The van der Waals surface area contributed by atoms with Gasteiger partial charge in [0, 0.05) is 6.42 Å². The number of rotatable bonds is 6. The van der Waals surface area contributed by atoms with Gasteiger partial charge >= 0.3 is 11.9 Å². The molecule has 1 aromatic rings. The largest absolute Gasteiger partial charge is 0.496 e. The lowest BCUT2D eigenvalue weighted by Crippen LogP contribution is -2.06. The van der Waals surface area contributed by atoms with E-state index < -0.39 is 11.9 Å². The Morgan fingerprint density at radius 2 is 2.06 bits per heavy atom. The molecule has 1 rings (SSSR count). The minimum atomic E-state index is -0.869. The van der Waals surface area contributed by atoms with Crippen LogP contribution in [0.15, 0.2) is 18.2 Å². The molecule has 0 aliphatic carbocycles. The number of carbonyl (C=O) groups excluding carboxylic acids is 1. The van der Waals surface area contributed by atoms with Gasteiger partial charge in [-0.1, -0.05) is 6.07 Å². The van der Waals surface area contributed by atoms with Crippen molar-refractivity contribution in [2.24, 2.45) is 0 Å². The number of aryl methyl sites for hydroxylation is 1. The molecule has 0 aromatic heterocycles. The Morgan fingerprint density at radius 3 is 2.61 bits per heavy atom. The second-order valence-electron chi connectivity index (χ2n) is 3.64. The molecular weight excluding hydrogens is 236 g/mol. The molecule has 1 aromatic carbocycles. The summed E-state index contributed by atoms with van der Waals surface area (Å²) in [5.74, 6) is -0.783. The standard InChI is InChI=1S/C13H16O5/c1-3-18-13(16)10-5-4-9(6-7-12(14)15)11(8-10)17-2/h4-5,8H,3,6-7H2,1-2H3,(H,14,15). The van der Waals surface area contributed by atoms with Crippen LogP contribution in [0.1, 0.15) is 29.3 Å². The Labute approximate surface area is 105 Å². The first-order valence-electron chi connectivity index (χ1n) is 5.64. The third-order valence-corrected chi connectivity index (χ3v) is 2.41. The highest BCUT2D eigenvalue weighted by Gasteiger charge is 2.11. The molecule has 5 nitrogen and oxygen atoms in total. The van der Waals surface area contributed by atoms with E-state index >= 15 is 0 Å². The summed E-state index contributed by atoms with van der Waals surface area (Å²) in [7, 11) is 1.48. The van der Waals surface area contributed by atoms with Gasteiger partial charge in [-0.05, 0) is 31.0 Å². The van der Waals surface area contributed by atoms with Crippen molar-refractivity contribution in [3.8, 4) is 5.75 Å². The fourth-order valence-corrected chi connectivity index (χ4v) is 1.53. The summed E-state index contributed by atoms with van der Waals surface area (Å²) >= 11 is 0. The van der Waals surface area contributed by atoms with E-state index in [1.807, 2.05) is 0 Å². The van der Waals surface area contributed by atoms with Crippen LogP contribution in [0.25, 0.3) is 0 Å². The average Bonchev–Trinajstić information content (AvgIpc) is 2.36. The van der Waals surface area contributed by atoms with Gasteiger partial charge in [-0.3, -0.25) is 4.79 Å². The topological polar surface area (TPSA) is 72.8 Å². The number of aliphatic carboxylic acids is 1. The minimum absolute atomic E-state index is 0.0229. The van der Waals surface area contributed by atoms with Crippen molar-refractivity contribution in [3.63, 3.8) is 0 Å². The van der Waals surface area contributed by atoms with Crippen LogP contribution in [0, 0.1) is 0 Å².